The van der Waals surface area contributed by atoms with Crippen molar-refractivity contribution < 1.29 is 9.53 Å². The number of carbonyl (C=O) groups is 1. The molecule has 0 fully saturated rings. The van der Waals surface area contributed by atoms with Gasteiger partial charge in [-0.15, -0.1) is 0 Å². The second-order valence-corrected chi connectivity index (χ2v) is 6.00. The maximum atomic E-state index is 12.4. The maximum absolute atomic E-state index is 12.4. The third kappa shape index (κ3) is 3.57. The molecule has 0 aliphatic heterocycles. The lowest BCUT2D eigenvalue weighted by Gasteiger charge is -2.13. The number of anilines is 1. The first-order chi connectivity index (χ1) is 9.92. The molecule has 0 aliphatic carbocycles. The fourth-order valence-corrected chi connectivity index (χ4v) is 2.75. The van der Waals surface area contributed by atoms with Crippen LogP contribution in [0.4, 0.5) is 5.69 Å². The number of amides is 1. The van der Waals surface area contributed by atoms with Gasteiger partial charge in [0.05, 0.1) is 18.4 Å². The van der Waals surface area contributed by atoms with Gasteiger partial charge in [0.1, 0.15) is 5.75 Å². The number of aryl methyl sites for hydroxylation is 2. The van der Waals surface area contributed by atoms with Crippen molar-refractivity contribution in [3.8, 4) is 5.75 Å². The Balaban J connectivity index is 2.33. The SMILES string of the molecule is COc1cc(Cl)c(C)cc1NC(=O)c1ccc(C)cc1Br. The van der Waals surface area contributed by atoms with E-state index >= 15 is 0 Å². The number of benzene rings is 2. The van der Waals surface area contributed by atoms with Gasteiger partial charge < -0.3 is 10.1 Å². The van der Waals surface area contributed by atoms with Crippen molar-refractivity contribution in [2.24, 2.45) is 0 Å². The summed E-state index contributed by atoms with van der Waals surface area (Å²) in [5.41, 5.74) is 3.11. The van der Waals surface area contributed by atoms with Crippen molar-refractivity contribution >= 4 is 39.1 Å². The molecule has 1 amide bonds. The van der Waals surface area contributed by atoms with Gasteiger partial charge in [-0.25, -0.2) is 0 Å². The van der Waals surface area contributed by atoms with Crippen molar-refractivity contribution in [2.75, 3.05) is 12.4 Å². The highest BCUT2D eigenvalue weighted by Crippen LogP contribution is 2.31. The van der Waals surface area contributed by atoms with Gasteiger partial charge in [-0.05, 0) is 59.1 Å². The second-order valence-electron chi connectivity index (χ2n) is 4.74. The molecule has 0 unspecified atom stereocenters. The quantitative estimate of drug-likeness (QED) is 0.829. The monoisotopic (exact) mass is 367 g/mol. The minimum absolute atomic E-state index is 0.207. The van der Waals surface area contributed by atoms with Gasteiger partial charge in [0, 0.05) is 15.6 Å². The van der Waals surface area contributed by atoms with Gasteiger partial charge in [0.2, 0.25) is 0 Å². The topological polar surface area (TPSA) is 38.3 Å². The molecule has 0 bridgehead atoms. The van der Waals surface area contributed by atoms with E-state index in [2.05, 4.69) is 21.2 Å². The normalized spacial score (nSPS) is 10.3. The Morgan fingerprint density at radius 2 is 1.95 bits per heavy atom. The predicted octanol–water partition coefficient (Wildman–Crippen LogP) is 4.98. The summed E-state index contributed by atoms with van der Waals surface area (Å²) in [6, 6.07) is 9.06. The van der Waals surface area contributed by atoms with Crippen LogP contribution in [0.3, 0.4) is 0 Å². The Labute approximate surface area is 137 Å². The molecule has 0 saturated heterocycles. The van der Waals surface area contributed by atoms with E-state index in [-0.39, 0.29) is 5.91 Å². The minimum atomic E-state index is -0.207. The maximum Gasteiger partial charge on any atom is 0.256 e. The van der Waals surface area contributed by atoms with Gasteiger partial charge in [-0.2, -0.15) is 0 Å². The van der Waals surface area contributed by atoms with Crippen molar-refractivity contribution in [1.82, 2.24) is 0 Å². The van der Waals surface area contributed by atoms with Gasteiger partial charge in [0.15, 0.2) is 0 Å². The second kappa shape index (κ2) is 6.50. The molecule has 5 heteroatoms. The first-order valence-corrected chi connectivity index (χ1v) is 7.51. The molecule has 0 radical (unpaired) electrons. The predicted molar refractivity (Wildman–Crippen MR) is 89.6 cm³/mol. The van der Waals surface area contributed by atoms with Crippen LogP contribution in [0.25, 0.3) is 0 Å². The van der Waals surface area contributed by atoms with E-state index in [4.69, 9.17) is 16.3 Å². The van der Waals surface area contributed by atoms with Crippen LogP contribution in [0.1, 0.15) is 21.5 Å². The van der Waals surface area contributed by atoms with E-state index in [9.17, 15) is 4.79 Å². The van der Waals surface area contributed by atoms with E-state index in [1.807, 2.05) is 26.0 Å². The molecule has 0 heterocycles. The standard InChI is InChI=1S/C16H15BrClNO2/c1-9-4-5-11(12(17)6-9)16(20)19-14-7-10(2)13(18)8-15(14)21-3/h4-8H,1-3H3,(H,19,20). The van der Waals surface area contributed by atoms with Crippen LogP contribution in [0, 0.1) is 13.8 Å². The Hall–Kier alpha value is -1.52. The van der Waals surface area contributed by atoms with E-state index in [1.54, 1.807) is 25.3 Å². The number of methoxy groups -OCH3 is 1. The van der Waals surface area contributed by atoms with E-state index in [0.29, 0.717) is 22.0 Å². The summed E-state index contributed by atoms with van der Waals surface area (Å²) in [7, 11) is 1.54. The van der Waals surface area contributed by atoms with Crippen LogP contribution in [0.5, 0.6) is 5.75 Å². The van der Waals surface area contributed by atoms with Crippen LogP contribution in [0.2, 0.25) is 5.02 Å². The highest BCUT2D eigenvalue weighted by Gasteiger charge is 2.14. The number of nitrogens with one attached hydrogen (secondary N) is 1. The molecule has 1 N–H and O–H groups in total. The Morgan fingerprint density at radius 3 is 2.57 bits per heavy atom. The zero-order valence-electron chi connectivity index (χ0n) is 12.0. The van der Waals surface area contributed by atoms with Crippen LogP contribution in [-0.4, -0.2) is 13.0 Å². The Morgan fingerprint density at radius 1 is 1.24 bits per heavy atom. The smallest absolute Gasteiger partial charge is 0.256 e. The molecule has 0 saturated carbocycles. The number of carbonyl (C=O) groups excluding carboxylic acids is 1. The Kier molecular flexibility index (Phi) is 4.91. The molecule has 110 valence electrons. The average Bonchev–Trinajstić information content (AvgIpc) is 2.42. The van der Waals surface area contributed by atoms with Crippen LogP contribution < -0.4 is 10.1 Å². The highest BCUT2D eigenvalue weighted by molar-refractivity contribution is 9.10. The zero-order chi connectivity index (χ0) is 15.6. The van der Waals surface area contributed by atoms with Gasteiger partial charge in [-0.3, -0.25) is 4.79 Å². The highest BCUT2D eigenvalue weighted by atomic mass is 79.9. The van der Waals surface area contributed by atoms with Gasteiger partial charge in [-0.1, -0.05) is 17.7 Å². The largest absolute Gasteiger partial charge is 0.495 e. The lowest BCUT2D eigenvalue weighted by Crippen LogP contribution is -2.13. The fourth-order valence-electron chi connectivity index (χ4n) is 1.92. The number of ether oxygens (including phenoxy) is 1. The third-order valence-corrected chi connectivity index (χ3v) is 4.16. The molecule has 2 rings (SSSR count). The summed E-state index contributed by atoms with van der Waals surface area (Å²) in [5, 5.41) is 3.45. The minimum Gasteiger partial charge on any atom is -0.495 e. The number of hydrogen-bond acceptors (Lipinski definition) is 2. The molecule has 0 aliphatic rings. The lowest BCUT2D eigenvalue weighted by atomic mass is 10.1. The summed E-state index contributed by atoms with van der Waals surface area (Å²) in [6.45, 7) is 3.84. The molecule has 0 spiro atoms. The summed E-state index contributed by atoms with van der Waals surface area (Å²) < 4.78 is 6.01. The van der Waals surface area contributed by atoms with Crippen LogP contribution >= 0.6 is 27.5 Å². The van der Waals surface area contributed by atoms with Crippen molar-refractivity contribution in [3.63, 3.8) is 0 Å². The molecule has 21 heavy (non-hydrogen) atoms. The fraction of sp³-hybridized carbons (Fsp3) is 0.188. The number of hydrogen-bond donors (Lipinski definition) is 1. The van der Waals surface area contributed by atoms with Gasteiger partial charge >= 0.3 is 0 Å². The molecular formula is C16H15BrClNO2. The van der Waals surface area contributed by atoms with E-state index in [0.717, 1.165) is 15.6 Å². The summed E-state index contributed by atoms with van der Waals surface area (Å²) in [5.74, 6) is 0.323. The van der Waals surface area contributed by atoms with Crippen molar-refractivity contribution in [1.29, 1.82) is 0 Å². The molecule has 2 aromatic carbocycles. The molecule has 3 nitrogen and oxygen atoms in total. The van der Waals surface area contributed by atoms with Gasteiger partial charge in [0.25, 0.3) is 5.91 Å². The molecular weight excluding hydrogens is 354 g/mol. The lowest BCUT2D eigenvalue weighted by molar-refractivity contribution is 0.102. The summed E-state index contributed by atoms with van der Waals surface area (Å²) >= 11 is 9.47. The first kappa shape index (κ1) is 15.9. The number of halogens is 2. The summed E-state index contributed by atoms with van der Waals surface area (Å²) in [6.07, 6.45) is 0. The van der Waals surface area contributed by atoms with Crippen molar-refractivity contribution in [3.05, 3.63) is 56.5 Å². The first-order valence-electron chi connectivity index (χ1n) is 6.34. The third-order valence-electron chi connectivity index (χ3n) is 3.10. The summed E-state index contributed by atoms with van der Waals surface area (Å²) in [4.78, 5) is 12.4. The number of rotatable bonds is 3. The molecule has 0 atom stereocenters. The van der Waals surface area contributed by atoms with E-state index in [1.165, 1.54) is 0 Å². The average molecular weight is 369 g/mol. The molecule has 2 aromatic rings. The van der Waals surface area contributed by atoms with Crippen molar-refractivity contribution in [2.45, 2.75) is 13.8 Å². The van der Waals surface area contributed by atoms with E-state index < -0.39 is 0 Å². The van der Waals surface area contributed by atoms with Crippen LogP contribution in [0.15, 0.2) is 34.8 Å². The zero-order valence-corrected chi connectivity index (χ0v) is 14.3. The van der Waals surface area contributed by atoms with Crippen LogP contribution in [-0.2, 0) is 0 Å². The Bertz CT molecular complexity index is 701. The molecule has 0 aromatic heterocycles.